The molecular weight excluding hydrogens is 236 g/mol. The van der Waals surface area contributed by atoms with Crippen molar-refractivity contribution in [2.75, 3.05) is 11.4 Å². The molecular formula is C16H26N2O. The van der Waals surface area contributed by atoms with Crippen molar-refractivity contribution in [1.29, 1.82) is 0 Å². The SMILES string of the molecule is CC(C)CN(c1cc([C@@H](C)O)ccn1)C1CCCC1. The van der Waals surface area contributed by atoms with Crippen LogP contribution < -0.4 is 4.90 Å². The van der Waals surface area contributed by atoms with E-state index in [-0.39, 0.29) is 0 Å². The fourth-order valence-corrected chi connectivity index (χ4v) is 2.89. The Labute approximate surface area is 116 Å². The highest BCUT2D eigenvalue weighted by Crippen LogP contribution is 2.29. The van der Waals surface area contributed by atoms with Gasteiger partial charge < -0.3 is 10.0 Å². The molecule has 0 bridgehead atoms. The molecule has 0 aliphatic heterocycles. The van der Waals surface area contributed by atoms with Crippen LogP contribution >= 0.6 is 0 Å². The lowest BCUT2D eigenvalue weighted by molar-refractivity contribution is 0.199. The molecule has 1 aromatic rings. The number of aliphatic hydroxyl groups excluding tert-OH is 1. The van der Waals surface area contributed by atoms with Crippen LogP contribution in [-0.4, -0.2) is 22.7 Å². The summed E-state index contributed by atoms with van der Waals surface area (Å²) < 4.78 is 0. The van der Waals surface area contributed by atoms with E-state index in [1.807, 2.05) is 25.3 Å². The molecule has 1 aromatic heterocycles. The van der Waals surface area contributed by atoms with Crippen LogP contribution in [0.4, 0.5) is 5.82 Å². The summed E-state index contributed by atoms with van der Waals surface area (Å²) in [5.41, 5.74) is 0.955. The number of hydrogen-bond donors (Lipinski definition) is 1. The van der Waals surface area contributed by atoms with Gasteiger partial charge in [0.2, 0.25) is 0 Å². The highest BCUT2D eigenvalue weighted by Gasteiger charge is 2.24. The van der Waals surface area contributed by atoms with E-state index in [1.54, 1.807) is 0 Å². The third kappa shape index (κ3) is 3.69. The van der Waals surface area contributed by atoms with Gasteiger partial charge in [0, 0.05) is 18.8 Å². The first kappa shape index (κ1) is 14.3. The van der Waals surface area contributed by atoms with Gasteiger partial charge in [-0.25, -0.2) is 4.98 Å². The summed E-state index contributed by atoms with van der Waals surface area (Å²) in [6.45, 7) is 7.35. The van der Waals surface area contributed by atoms with Gasteiger partial charge in [-0.15, -0.1) is 0 Å². The predicted octanol–water partition coefficient (Wildman–Crippen LogP) is 3.54. The number of hydrogen-bond acceptors (Lipinski definition) is 3. The molecule has 19 heavy (non-hydrogen) atoms. The van der Waals surface area contributed by atoms with E-state index in [2.05, 4.69) is 23.7 Å². The smallest absolute Gasteiger partial charge is 0.129 e. The third-order valence-electron chi connectivity index (χ3n) is 3.87. The van der Waals surface area contributed by atoms with Crippen LogP contribution in [0.25, 0.3) is 0 Å². The summed E-state index contributed by atoms with van der Waals surface area (Å²) in [5.74, 6) is 1.65. The number of aromatic nitrogens is 1. The second kappa shape index (κ2) is 6.38. The highest BCUT2D eigenvalue weighted by molar-refractivity contribution is 5.43. The van der Waals surface area contributed by atoms with Gasteiger partial charge in [0.1, 0.15) is 5.82 Å². The lowest BCUT2D eigenvalue weighted by Crippen LogP contribution is -2.37. The van der Waals surface area contributed by atoms with Crippen molar-refractivity contribution in [3.63, 3.8) is 0 Å². The zero-order valence-corrected chi connectivity index (χ0v) is 12.3. The molecule has 0 spiro atoms. The van der Waals surface area contributed by atoms with Crippen LogP contribution in [0.3, 0.4) is 0 Å². The van der Waals surface area contributed by atoms with Crippen LogP contribution in [0.2, 0.25) is 0 Å². The topological polar surface area (TPSA) is 36.4 Å². The lowest BCUT2D eigenvalue weighted by Gasteiger charge is -2.32. The third-order valence-corrected chi connectivity index (χ3v) is 3.87. The first-order valence-corrected chi connectivity index (χ1v) is 7.48. The maximum absolute atomic E-state index is 9.73. The minimum absolute atomic E-state index is 0.425. The van der Waals surface area contributed by atoms with E-state index in [4.69, 9.17) is 0 Å². The van der Waals surface area contributed by atoms with Crippen LogP contribution in [-0.2, 0) is 0 Å². The van der Waals surface area contributed by atoms with Crippen molar-refractivity contribution in [1.82, 2.24) is 4.98 Å². The Hall–Kier alpha value is -1.09. The van der Waals surface area contributed by atoms with Gasteiger partial charge in [0.05, 0.1) is 6.10 Å². The highest BCUT2D eigenvalue weighted by atomic mass is 16.3. The molecule has 0 saturated heterocycles. The molecule has 106 valence electrons. The van der Waals surface area contributed by atoms with Crippen molar-refractivity contribution in [2.24, 2.45) is 5.92 Å². The van der Waals surface area contributed by atoms with E-state index in [0.717, 1.165) is 17.9 Å². The van der Waals surface area contributed by atoms with Crippen molar-refractivity contribution < 1.29 is 5.11 Å². The summed E-state index contributed by atoms with van der Waals surface area (Å²) in [7, 11) is 0. The van der Waals surface area contributed by atoms with E-state index < -0.39 is 6.10 Å². The van der Waals surface area contributed by atoms with Crippen LogP contribution in [0.15, 0.2) is 18.3 Å². The maximum Gasteiger partial charge on any atom is 0.129 e. The molecule has 2 rings (SSSR count). The van der Waals surface area contributed by atoms with Gasteiger partial charge >= 0.3 is 0 Å². The summed E-state index contributed by atoms with van der Waals surface area (Å²) >= 11 is 0. The molecule has 0 amide bonds. The minimum Gasteiger partial charge on any atom is -0.389 e. The van der Waals surface area contributed by atoms with Crippen LogP contribution in [0, 0.1) is 5.92 Å². The zero-order valence-electron chi connectivity index (χ0n) is 12.3. The summed E-state index contributed by atoms with van der Waals surface area (Å²) in [4.78, 5) is 6.98. The fraction of sp³-hybridized carbons (Fsp3) is 0.688. The van der Waals surface area contributed by atoms with Crippen molar-refractivity contribution >= 4 is 5.82 Å². The summed E-state index contributed by atoms with van der Waals surface area (Å²) in [6.07, 6.45) is 6.59. The second-order valence-corrected chi connectivity index (χ2v) is 6.11. The standard InChI is InChI=1S/C16H26N2O/c1-12(2)11-18(15-6-4-5-7-15)16-10-14(13(3)19)8-9-17-16/h8-10,12-13,15,19H,4-7,11H2,1-3H3/t13-/m1/s1. The van der Waals surface area contributed by atoms with Gasteiger partial charge in [-0.2, -0.15) is 0 Å². The molecule has 0 radical (unpaired) electrons. The van der Waals surface area contributed by atoms with E-state index >= 15 is 0 Å². The van der Waals surface area contributed by atoms with E-state index in [9.17, 15) is 5.11 Å². The normalized spacial score (nSPS) is 17.9. The quantitative estimate of drug-likeness (QED) is 0.881. The Morgan fingerprint density at radius 2 is 2.00 bits per heavy atom. The maximum atomic E-state index is 9.73. The molecule has 1 saturated carbocycles. The molecule has 3 heteroatoms. The molecule has 3 nitrogen and oxygen atoms in total. The number of rotatable bonds is 5. The van der Waals surface area contributed by atoms with Gasteiger partial charge in [0.15, 0.2) is 0 Å². The largest absolute Gasteiger partial charge is 0.389 e. The number of nitrogens with zero attached hydrogens (tertiary/aromatic N) is 2. The van der Waals surface area contributed by atoms with Crippen LogP contribution in [0.1, 0.15) is 58.1 Å². The molecule has 1 N–H and O–H groups in total. The van der Waals surface area contributed by atoms with Gasteiger partial charge in [-0.05, 0) is 43.4 Å². The second-order valence-electron chi connectivity index (χ2n) is 6.11. The Morgan fingerprint density at radius 3 is 2.58 bits per heavy atom. The fourth-order valence-electron chi connectivity index (χ4n) is 2.89. The molecule has 1 fully saturated rings. The minimum atomic E-state index is -0.425. The Bertz CT molecular complexity index is 397. The van der Waals surface area contributed by atoms with E-state index in [1.165, 1.54) is 25.7 Å². The average Bonchev–Trinajstić information content (AvgIpc) is 2.89. The number of aliphatic hydroxyl groups is 1. The lowest BCUT2D eigenvalue weighted by atomic mass is 10.1. The molecule has 1 heterocycles. The Morgan fingerprint density at radius 1 is 1.32 bits per heavy atom. The van der Waals surface area contributed by atoms with Crippen molar-refractivity contribution in [3.05, 3.63) is 23.9 Å². The number of pyridine rings is 1. The van der Waals surface area contributed by atoms with Crippen molar-refractivity contribution in [3.8, 4) is 0 Å². The number of anilines is 1. The van der Waals surface area contributed by atoms with Gasteiger partial charge in [-0.3, -0.25) is 0 Å². The van der Waals surface area contributed by atoms with Crippen molar-refractivity contribution in [2.45, 2.75) is 58.6 Å². The first-order chi connectivity index (χ1) is 9.08. The Kier molecular flexibility index (Phi) is 4.81. The summed E-state index contributed by atoms with van der Waals surface area (Å²) in [5, 5.41) is 9.73. The van der Waals surface area contributed by atoms with E-state index in [0.29, 0.717) is 12.0 Å². The zero-order chi connectivity index (χ0) is 13.8. The van der Waals surface area contributed by atoms with Crippen LogP contribution in [0.5, 0.6) is 0 Å². The first-order valence-electron chi connectivity index (χ1n) is 7.48. The van der Waals surface area contributed by atoms with Gasteiger partial charge in [0.25, 0.3) is 0 Å². The molecule has 1 atom stereocenters. The monoisotopic (exact) mass is 262 g/mol. The Balaban J connectivity index is 2.23. The molecule has 0 aromatic carbocycles. The van der Waals surface area contributed by atoms with Gasteiger partial charge in [-0.1, -0.05) is 26.7 Å². The molecule has 0 unspecified atom stereocenters. The summed E-state index contributed by atoms with van der Waals surface area (Å²) in [6, 6.07) is 4.57. The predicted molar refractivity (Wildman–Crippen MR) is 79.3 cm³/mol. The molecule has 1 aliphatic carbocycles. The average molecular weight is 262 g/mol. The molecule has 1 aliphatic rings.